The number of aliphatic hydroxyl groups is 8. The maximum absolute atomic E-state index is 13.3. The lowest BCUT2D eigenvalue weighted by molar-refractivity contribution is -0.359. The van der Waals surface area contributed by atoms with Crippen LogP contribution < -0.4 is 5.32 Å². The number of rotatable bonds is 55. The van der Waals surface area contributed by atoms with E-state index in [9.17, 15) is 45.6 Å². The fourth-order valence-electron chi connectivity index (χ4n) is 10.9. The van der Waals surface area contributed by atoms with E-state index in [1.807, 2.05) is 6.08 Å². The zero-order chi connectivity index (χ0) is 61.6. The molecule has 12 unspecified atom stereocenters. The number of hydrogen-bond acceptors (Lipinski definition) is 13. The molecule has 0 radical (unpaired) electrons. The SMILES string of the molecule is CC/C=C\C/C=C\C/C=C\C/C=C\C/C=C\C/C=C\CCCCCCCCCCCCCCCCCCCCCCCCC(=O)NC(COC1OC(CO)C(OC2OC(CO)C(O)C(O)C2O)C(O)C1O)C(O)/C=C/CCCCCCCCCC. The first-order valence-electron chi connectivity index (χ1n) is 34.3. The predicted octanol–water partition coefficient (Wildman–Crippen LogP) is 13.6. The molecule has 1 amide bonds. The molecule has 0 spiro atoms. The number of amides is 1. The van der Waals surface area contributed by atoms with E-state index in [1.165, 1.54) is 161 Å². The molecular weight excluding hydrogens is 1070 g/mol. The van der Waals surface area contributed by atoms with Crippen LogP contribution in [0.5, 0.6) is 0 Å². The van der Waals surface area contributed by atoms with Gasteiger partial charge in [0.1, 0.15) is 48.8 Å². The van der Waals surface area contributed by atoms with Gasteiger partial charge in [0.05, 0.1) is 32.0 Å². The van der Waals surface area contributed by atoms with E-state index in [0.29, 0.717) is 6.42 Å². The number of hydrogen-bond donors (Lipinski definition) is 9. The molecule has 2 saturated heterocycles. The van der Waals surface area contributed by atoms with Gasteiger partial charge >= 0.3 is 0 Å². The maximum atomic E-state index is 13.3. The van der Waals surface area contributed by atoms with Crippen molar-refractivity contribution in [1.29, 1.82) is 0 Å². The highest BCUT2D eigenvalue weighted by atomic mass is 16.7. The second-order valence-corrected chi connectivity index (χ2v) is 23.9. The Hall–Kier alpha value is -2.83. The van der Waals surface area contributed by atoms with Crippen molar-refractivity contribution in [2.75, 3.05) is 19.8 Å². The summed E-state index contributed by atoms with van der Waals surface area (Å²) in [5.41, 5.74) is 0. The standard InChI is InChI=1S/C71H125NO13/c1-3-5-7-9-11-13-15-16-17-18-19-20-21-22-23-24-25-26-27-28-29-30-31-32-33-34-35-36-37-38-39-40-41-42-43-44-45-47-49-51-53-55-63(76)72-59(60(75)54-52-50-48-46-14-12-10-8-6-4-2)58-82-70-68(81)66(79)69(62(57-74)84-70)85-71-67(80)65(78)64(77)61(56-73)83-71/h5,7,11,13,16-17,19-20,22-23,25-26,52,54,59-62,64-71,73-75,77-81H,3-4,6,8-10,12,14-15,18,21,24,27-51,53,55-58H2,1-2H3,(H,72,76)/b7-5-,13-11-,17-16-,20-19-,23-22-,26-25-,54-52+. The molecule has 2 rings (SSSR count). The summed E-state index contributed by atoms with van der Waals surface area (Å²) in [6, 6.07) is -0.914. The Kier molecular flexibility index (Phi) is 50.9. The number of ether oxygens (including phenoxy) is 4. The minimum Gasteiger partial charge on any atom is -0.394 e. The summed E-state index contributed by atoms with van der Waals surface area (Å²) in [7, 11) is 0. The van der Waals surface area contributed by atoms with Crippen molar-refractivity contribution >= 4 is 5.91 Å². The summed E-state index contributed by atoms with van der Waals surface area (Å²) >= 11 is 0. The molecule has 2 fully saturated rings. The van der Waals surface area contributed by atoms with E-state index in [-0.39, 0.29) is 18.9 Å². The van der Waals surface area contributed by atoms with Crippen LogP contribution in [0.3, 0.4) is 0 Å². The number of unbranched alkanes of at least 4 members (excludes halogenated alkanes) is 30. The Morgan fingerprint density at radius 1 is 0.435 bits per heavy atom. The van der Waals surface area contributed by atoms with Gasteiger partial charge < -0.3 is 65.1 Å². The van der Waals surface area contributed by atoms with Gasteiger partial charge in [-0.25, -0.2) is 0 Å². The molecule has 2 aliphatic rings. The zero-order valence-corrected chi connectivity index (χ0v) is 53.3. The van der Waals surface area contributed by atoms with E-state index in [1.54, 1.807) is 6.08 Å². The third-order valence-electron chi connectivity index (χ3n) is 16.3. The number of carbonyl (C=O) groups excluding carboxylic acids is 1. The van der Waals surface area contributed by atoms with Crippen LogP contribution in [0.1, 0.15) is 264 Å². The number of allylic oxidation sites excluding steroid dienone is 13. The van der Waals surface area contributed by atoms with Gasteiger partial charge in [0.2, 0.25) is 5.91 Å². The third-order valence-corrected chi connectivity index (χ3v) is 16.3. The normalized spacial score (nSPS) is 24.1. The quantitative estimate of drug-likeness (QED) is 0.0204. The van der Waals surface area contributed by atoms with E-state index in [2.05, 4.69) is 92.1 Å². The van der Waals surface area contributed by atoms with E-state index >= 15 is 0 Å². The number of aliphatic hydroxyl groups excluding tert-OH is 8. The lowest BCUT2D eigenvalue weighted by Crippen LogP contribution is -2.65. The highest BCUT2D eigenvalue weighted by Crippen LogP contribution is 2.30. The molecule has 12 atom stereocenters. The molecule has 85 heavy (non-hydrogen) atoms. The van der Waals surface area contributed by atoms with Crippen molar-refractivity contribution in [3.05, 3.63) is 85.1 Å². The second kappa shape index (κ2) is 55.3. The lowest BCUT2D eigenvalue weighted by atomic mass is 9.97. The smallest absolute Gasteiger partial charge is 0.220 e. The molecule has 0 aromatic rings. The first-order chi connectivity index (χ1) is 41.6. The molecule has 9 N–H and O–H groups in total. The fraction of sp³-hybridized carbons (Fsp3) is 0.789. The number of carbonyl (C=O) groups is 1. The summed E-state index contributed by atoms with van der Waals surface area (Å²) < 4.78 is 22.8. The van der Waals surface area contributed by atoms with Gasteiger partial charge in [-0.15, -0.1) is 0 Å². The van der Waals surface area contributed by atoms with Gasteiger partial charge in [0.15, 0.2) is 12.6 Å². The van der Waals surface area contributed by atoms with Crippen LogP contribution >= 0.6 is 0 Å². The molecule has 0 bridgehead atoms. The average Bonchev–Trinajstić information content (AvgIpc) is 2.93. The molecule has 492 valence electrons. The van der Waals surface area contributed by atoms with Gasteiger partial charge in [-0.3, -0.25) is 4.79 Å². The Balaban J connectivity index is 1.52. The van der Waals surface area contributed by atoms with Gasteiger partial charge in [-0.1, -0.05) is 272 Å². The molecular formula is C71H125NO13. The van der Waals surface area contributed by atoms with E-state index < -0.39 is 86.8 Å². The van der Waals surface area contributed by atoms with Crippen molar-refractivity contribution in [1.82, 2.24) is 5.32 Å². The predicted molar refractivity (Wildman–Crippen MR) is 346 cm³/mol. The van der Waals surface area contributed by atoms with Crippen LogP contribution in [0.2, 0.25) is 0 Å². The Bertz CT molecular complexity index is 1750. The zero-order valence-electron chi connectivity index (χ0n) is 53.3. The van der Waals surface area contributed by atoms with Crippen molar-refractivity contribution in [2.45, 2.75) is 338 Å². The van der Waals surface area contributed by atoms with Crippen molar-refractivity contribution < 1.29 is 64.6 Å². The summed E-state index contributed by atoms with van der Waals surface area (Å²) in [5, 5.41) is 87.0. The Morgan fingerprint density at radius 3 is 1.25 bits per heavy atom. The minimum atomic E-state index is -1.79. The second-order valence-electron chi connectivity index (χ2n) is 23.9. The first kappa shape index (κ1) is 78.3. The fourth-order valence-corrected chi connectivity index (χ4v) is 10.9. The van der Waals surface area contributed by atoms with Crippen LogP contribution in [-0.4, -0.2) is 140 Å². The van der Waals surface area contributed by atoms with Gasteiger partial charge in [0.25, 0.3) is 0 Å². The average molecular weight is 1200 g/mol. The molecule has 14 nitrogen and oxygen atoms in total. The molecule has 0 aromatic heterocycles. The summed E-state index contributed by atoms with van der Waals surface area (Å²) in [6.45, 7) is 2.66. The highest BCUT2D eigenvalue weighted by Gasteiger charge is 2.51. The Morgan fingerprint density at radius 2 is 0.812 bits per heavy atom. The lowest BCUT2D eigenvalue weighted by Gasteiger charge is -2.46. The summed E-state index contributed by atoms with van der Waals surface area (Å²) in [4.78, 5) is 13.3. The molecule has 2 aliphatic heterocycles. The monoisotopic (exact) mass is 1200 g/mol. The minimum absolute atomic E-state index is 0.240. The molecule has 0 aliphatic carbocycles. The van der Waals surface area contributed by atoms with E-state index in [4.69, 9.17) is 18.9 Å². The van der Waals surface area contributed by atoms with Crippen LogP contribution in [0, 0.1) is 0 Å². The van der Waals surface area contributed by atoms with Crippen molar-refractivity contribution in [3.8, 4) is 0 Å². The number of nitrogens with one attached hydrogen (secondary N) is 1. The molecule has 14 heteroatoms. The van der Waals surface area contributed by atoms with Crippen molar-refractivity contribution in [2.24, 2.45) is 0 Å². The molecule has 0 aromatic carbocycles. The summed E-state index contributed by atoms with van der Waals surface area (Å²) in [6.07, 6.45) is 59.7. The maximum Gasteiger partial charge on any atom is 0.220 e. The van der Waals surface area contributed by atoms with Crippen molar-refractivity contribution in [3.63, 3.8) is 0 Å². The van der Waals surface area contributed by atoms with Crippen LogP contribution in [-0.2, 0) is 23.7 Å². The first-order valence-corrected chi connectivity index (χ1v) is 34.3. The van der Waals surface area contributed by atoms with E-state index in [0.717, 1.165) is 77.0 Å². The molecule has 0 saturated carbocycles. The van der Waals surface area contributed by atoms with Gasteiger partial charge in [-0.05, 0) is 70.6 Å². The van der Waals surface area contributed by atoms with Crippen LogP contribution in [0.25, 0.3) is 0 Å². The van der Waals surface area contributed by atoms with Gasteiger partial charge in [-0.2, -0.15) is 0 Å². The van der Waals surface area contributed by atoms with Crippen LogP contribution in [0.15, 0.2) is 85.1 Å². The third kappa shape index (κ3) is 39.7. The highest BCUT2D eigenvalue weighted by molar-refractivity contribution is 5.76. The van der Waals surface area contributed by atoms with Gasteiger partial charge in [0, 0.05) is 6.42 Å². The Labute approximate surface area is 516 Å². The topological polar surface area (TPSA) is 228 Å². The van der Waals surface area contributed by atoms with Crippen LogP contribution in [0.4, 0.5) is 0 Å². The molecule has 2 heterocycles. The largest absolute Gasteiger partial charge is 0.394 e. The summed E-state index contributed by atoms with van der Waals surface area (Å²) in [5.74, 6) is -0.240.